The average molecular weight is 658 g/mol. The van der Waals surface area contributed by atoms with Crippen molar-refractivity contribution >= 4 is 46.2 Å². The number of hydrogen-bond donors (Lipinski definition) is 1. The number of piperidine rings is 1. The molecule has 3 unspecified atom stereocenters. The fraction of sp³-hybridized carbons (Fsp3) is 0.419. The van der Waals surface area contributed by atoms with E-state index in [4.69, 9.17) is 31.4 Å². The molecule has 1 aromatic rings. The molecule has 0 aromatic heterocycles. The number of amidine groups is 1. The van der Waals surface area contributed by atoms with E-state index < -0.39 is 10.8 Å². The molecule has 0 saturated carbocycles. The number of nitrogens with zero attached hydrogens (tertiary/aromatic N) is 6. The Morgan fingerprint density at radius 2 is 2.20 bits per heavy atom. The summed E-state index contributed by atoms with van der Waals surface area (Å²) >= 11 is 7.98. The minimum Gasteiger partial charge on any atom is -0.492 e. The molecule has 0 amide bonds. The van der Waals surface area contributed by atoms with Crippen LogP contribution in [0.15, 0.2) is 109 Å². The molecule has 3 aliphatic heterocycles. The Balaban J connectivity index is 1.52. The van der Waals surface area contributed by atoms with E-state index in [1.165, 1.54) is 18.5 Å². The van der Waals surface area contributed by atoms with Crippen LogP contribution in [0.5, 0.6) is 0 Å². The normalized spacial score (nSPS) is 22.0. The summed E-state index contributed by atoms with van der Waals surface area (Å²) in [5.74, 6) is 1.39. The molecule has 1 fully saturated rings. The second-order valence-electron chi connectivity index (χ2n) is 10.4. The number of hydrogen-bond acceptors (Lipinski definition) is 11. The van der Waals surface area contributed by atoms with Crippen LogP contribution in [0.1, 0.15) is 51.5 Å². The van der Waals surface area contributed by atoms with Gasteiger partial charge in [0.1, 0.15) is 30.4 Å². The SMILES string of the molecule is C=COSN1CCCC(N2N=C(C(/C=C/CC)=C/CC/C(Cl)=C(\C)OCc3cccc(S(C)=O)c3)C3C=C(N)N=NN=C32)C1. The van der Waals surface area contributed by atoms with Gasteiger partial charge in [-0.1, -0.05) is 55.5 Å². The fourth-order valence-corrected chi connectivity index (χ4v) is 6.35. The van der Waals surface area contributed by atoms with Crippen molar-refractivity contribution in [3.63, 3.8) is 0 Å². The van der Waals surface area contributed by atoms with Crippen molar-refractivity contribution in [1.82, 2.24) is 9.31 Å². The van der Waals surface area contributed by atoms with Crippen molar-refractivity contribution in [3.8, 4) is 0 Å². The smallest absolute Gasteiger partial charge is 0.163 e. The van der Waals surface area contributed by atoms with E-state index in [1.807, 2.05) is 42.3 Å². The zero-order valence-corrected chi connectivity index (χ0v) is 27.8. The van der Waals surface area contributed by atoms with E-state index in [1.54, 1.807) is 6.26 Å². The van der Waals surface area contributed by atoms with Crippen molar-refractivity contribution < 1.29 is 13.1 Å². The zero-order valence-electron chi connectivity index (χ0n) is 25.4. The minimum absolute atomic E-state index is 0.0814. The Morgan fingerprint density at radius 3 is 2.98 bits per heavy atom. The maximum absolute atomic E-state index is 11.8. The van der Waals surface area contributed by atoms with Gasteiger partial charge in [-0.25, -0.2) is 9.31 Å². The molecule has 4 rings (SSSR count). The van der Waals surface area contributed by atoms with Crippen LogP contribution in [0, 0.1) is 5.92 Å². The van der Waals surface area contributed by atoms with Crippen LogP contribution in [-0.4, -0.2) is 50.5 Å². The Bertz CT molecular complexity index is 1440. The van der Waals surface area contributed by atoms with Gasteiger partial charge in [-0.3, -0.25) is 4.21 Å². The number of hydrazone groups is 1. The van der Waals surface area contributed by atoms with E-state index >= 15 is 0 Å². The summed E-state index contributed by atoms with van der Waals surface area (Å²) in [7, 11) is -1.05. The Kier molecular flexibility index (Phi) is 12.8. The van der Waals surface area contributed by atoms with Crippen LogP contribution in [0.4, 0.5) is 0 Å². The molecule has 13 heteroatoms. The van der Waals surface area contributed by atoms with Crippen LogP contribution in [0.25, 0.3) is 0 Å². The summed E-state index contributed by atoms with van der Waals surface area (Å²) < 4.78 is 25.3. The van der Waals surface area contributed by atoms with Crippen LogP contribution in [0.2, 0.25) is 0 Å². The van der Waals surface area contributed by atoms with Crippen LogP contribution in [-0.2, 0) is 26.3 Å². The van der Waals surface area contributed by atoms with E-state index in [0.717, 1.165) is 54.1 Å². The van der Waals surface area contributed by atoms with Crippen LogP contribution < -0.4 is 5.73 Å². The molecule has 0 aliphatic carbocycles. The molecule has 3 aliphatic rings. The van der Waals surface area contributed by atoms with Gasteiger partial charge in [-0.05, 0) is 73.6 Å². The van der Waals surface area contributed by atoms with Gasteiger partial charge in [0.05, 0.1) is 29.0 Å². The first kappa shape index (κ1) is 33.7. The van der Waals surface area contributed by atoms with Gasteiger partial charge in [-0.2, -0.15) is 5.10 Å². The second-order valence-corrected chi connectivity index (χ2v) is 13.1. The third-order valence-corrected chi connectivity index (χ3v) is 9.35. The third kappa shape index (κ3) is 9.16. The average Bonchev–Trinajstić information content (AvgIpc) is 3.25. The number of rotatable bonds is 14. The lowest BCUT2D eigenvalue weighted by Gasteiger charge is -2.34. The maximum Gasteiger partial charge on any atom is 0.163 e. The Morgan fingerprint density at radius 1 is 1.36 bits per heavy atom. The summed E-state index contributed by atoms with van der Waals surface area (Å²) in [4.78, 5) is 0.771. The number of allylic oxidation sites excluding steroid dienone is 6. The standard InChI is InChI=1S/C31H40ClN7O3S2/c1-5-7-12-24(13-9-16-28(32)22(3)41-21-23-11-8-15-26(18-23)44(4)40)30-27-19-29(33)34-37-35-31(27)39(36-30)25-14-10-17-38(20-25)43-42-6-2/h6-8,11-13,15,18-19,25,27H,2,5,9-10,14,16-17,20-21,33H2,1,3-4H3/b12-7+,24-13+,28-22-. The van der Waals surface area contributed by atoms with Gasteiger partial charge in [0.2, 0.25) is 0 Å². The summed E-state index contributed by atoms with van der Waals surface area (Å²) in [6.45, 7) is 9.60. The largest absolute Gasteiger partial charge is 0.492 e. The number of benzene rings is 1. The molecule has 1 aromatic carbocycles. The molecule has 3 heterocycles. The first-order valence-electron chi connectivity index (χ1n) is 14.6. The van der Waals surface area contributed by atoms with E-state index in [0.29, 0.717) is 41.9 Å². The molecule has 2 N–H and O–H groups in total. The molecular weight excluding hydrogens is 618 g/mol. The van der Waals surface area contributed by atoms with E-state index in [-0.39, 0.29) is 12.0 Å². The van der Waals surface area contributed by atoms with E-state index in [2.05, 4.69) is 51.5 Å². The summed E-state index contributed by atoms with van der Waals surface area (Å²) in [6.07, 6.45) is 15.4. The molecule has 44 heavy (non-hydrogen) atoms. The predicted octanol–water partition coefficient (Wildman–Crippen LogP) is 7.14. The van der Waals surface area contributed by atoms with Gasteiger partial charge in [-0.15, -0.1) is 10.2 Å². The highest BCUT2D eigenvalue weighted by molar-refractivity contribution is 7.92. The molecule has 0 radical (unpaired) electrons. The molecular formula is C31H40ClN7O3S2. The quantitative estimate of drug-likeness (QED) is 0.0978. The van der Waals surface area contributed by atoms with Gasteiger partial charge >= 0.3 is 0 Å². The van der Waals surface area contributed by atoms with Crippen molar-refractivity contribution in [2.75, 3.05) is 19.3 Å². The van der Waals surface area contributed by atoms with Crippen LogP contribution >= 0.6 is 23.8 Å². The molecule has 0 bridgehead atoms. The first-order valence-corrected chi connectivity index (χ1v) is 17.2. The summed E-state index contributed by atoms with van der Waals surface area (Å²) in [5, 5.41) is 20.2. The summed E-state index contributed by atoms with van der Waals surface area (Å²) in [5.41, 5.74) is 8.91. The van der Waals surface area contributed by atoms with Crippen molar-refractivity contribution in [3.05, 3.63) is 89.2 Å². The summed E-state index contributed by atoms with van der Waals surface area (Å²) in [6, 6.07) is 7.65. The molecule has 3 atom stereocenters. The highest BCUT2D eigenvalue weighted by atomic mass is 35.5. The fourth-order valence-electron chi connectivity index (χ4n) is 4.98. The molecule has 236 valence electrons. The van der Waals surface area contributed by atoms with Crippen molar-refractivity contribution in [1.29, 1.82) is 0 Å². The van der Waals surface area contributed by atoms with Gasteiger partial charge in [0.15, 0.2) is 5.84 Å². The lowest BCUT2D eigenvalue weighted by molar-refractivity contribution is 0.198. The van der Waals surface area contributed by atoms with E-state index in [9.17, 15) is 4.21 Å². The van der Waals surface area contributed by atoms with Crippen molar-refractivity contribution in [2.24, 2.45) is 32.2 Å². The molecule has 1 saturated heterocycles. The lowest BCUT2D eigenvalue weighted by Crippen LogP contribution is -2.45. The van der Waals surface area contributed by atoms with Crippen LogP contribution in [0.3, 0.4) is 0 Å². The zero-order chi connectivity index (χ0) is 31.5. The first-order chi connectivity index (χ1) is 21.3. The Hall–Kier alpha value is -3.19. The highest BCUT2D eigenvalue weighted by Crippen LogP contribution is 2.32. The molecule has 10 nitrogen and oxygen atoms in total. The number of halogens is 1. The van der Waals surface area contributed by atoms with Crippen molar-refractivity contribution in [2.45, 2.75) is 63.5 Å². The van der Waals surface area contributed by atoms with Gasteiger partial charge in [0, 0.05) is 35.0 Å². The monoisotopic (exact) mass is 657 g/mol. The minimum atomic E-state index is -1.05. The number of ether oxygens (including phenoxy) is 1. The third-order valence-electron chi connectivity index (χ3n) is 7.21. The highest BCUT2D eigenvalue weighted by Gasteiger charge is 2.40. The number of fused-ring (bicyclic) bond motifs is 1. The topological polar surface area (TPSA) is 117 Å². The number of nitrogens with two attached hydrogens (primary N) is 1. The predicted molar refractivity (Wildman–Crippen MR) is 180 cm³/mol. The molecule has 0 spiro atoms. The lowest BCUT2D eigenvalue weighted by atomic mass is 9.94. The second kappa shape index (κ2) is 16.8. The van der Waals surface area contributed by atoms with Gasteiger partial charge in [0.25, 0.3) is 0 Å². The maximum atomic E-state index is 11.8. The Labute approximate surface area is 271 Å². The van der Waals surface area contributed by atoms with Gasteiger partial charge < -0.3 is 14.7 Å².